The van der Waals surface area contributed by atoms with E-state index in [0.29, 0.717) is 6.04 Å². The van der Waals surface area contributed by atoms with E-state index in [1.165, 1.54) is 6.20 Å². The largest absolute Gasteiger partial charge is 0.382 e. The molecule has 0 amide bonds. The second kappa shape index (κ2) is 7.48. The Labute approximate surface area is 165 Å². The number of hydrogen-bond acceptors (Lipinski definition) is 6. The van der Waals surface area contributed by atoms with Gasteiger partial charge in [-0.25, -0.2) is 13.4 Å². The Bertz CT molecular complexity index is 1110. The Hall–Kier alpha value is -2.51. The zero-order chi connectivity index (χ0) is 19.7. The summed E-state index contributed by atoms with van der Waals surface area (Å²) in [5.41, 5.74) is 2.54. The summed E-state index contributed by atoms with van der Waals surface area (Å²) in [6.07, 6.45) is 5.10. The summed E-state index contributed by atoms with van der Waals surface area (Å²) in [5, 5.41) is 4.36. The summed E-state index contributed by atoms with van der Waals surface area (Å²) < 4.78 is 26.3. The lowest BCUT2D eigenvalue weighted by Gasteiger charge is -2.30. The number of aryl methyl sites for hydroxylation is 1. The molecule has 1 fully saturated rings. The summed E-state index contributed by atoms with van der Waals surface area (Å²) in [7, 11) is -1.62. The van der Waals surface area contributed by atoms with E-state index in [2.05, 4.69) is 27.2 Å². The van der Waals surface area contributed by atoms with E-state index in [9.17, 15) is 8.42 Å². The van der Waals surface area contributed by atoms with E-state index >= 15 is 0 Å². The highest BCUT2D eigenvalue weighted by atomic mass is 32.2. The fraction of sp³-hybridized carbons (Fsp3) is 0.333. The molecule has 0 atom stereocenters. The summed E-state index contributed by atoms with van der Waals surface area (Å²) in [6, 6.07) is 11.1. The number of fused-ring (bicyclic) bond motifs is 1. The maximum absolute atomic E-state index is 13.1. The van der Waals surface area contributed by atoms with Crippen molar-refractivity contribution in [3.05, 3.63) is 54.4 Å². The van der Waals surface area contributed by atoms with Gasteiger partial charge in [0.15, 0.2) is 5.03 Å². The lowest BCUT2D eigenvalue weighted by Crippen LogP contribution is -2.36. The first-order chi connectivity index (χ1) is 13.4. The number of likely N-dealkylation sites (tertiary alicyclic amines) is 1. The number of rotatable bonds is 4. The number of benzene rings is 1. The summed E-state index contributed by atoms with van der Waals surface area (Å²) in [5.74, 6) is 0. The second-order valence-corrected chi connectivity index (χ2v) is 9.32. The van der Waals surface area contributed by atoms with E-state index in [0.717, 1.165) is 48.1 Å². The van der Waals surface area contributed by atoms with E-state index in [1.54, 1.807) is 18.3 Å². The van der Waals surface area contributed by atoms with Crippen molar-refractivity contribution in [3.63, 3.8) is 0 Å². The van der Waals surface area contributed by atoms with Gasteiger partial charge in [-0.05, 0) is 63.7 Å². The fourth-order valence-electron chi connectivity index (χ4n) is 3.50. The van der Waals surface area contributed by atoms with Gasteiger partial charge in [0.2, 0.25) is 9.84 Å². The average molecular weight is 397 g/mol. The zero-order valence-corrected chi connectivity index (χ0v) is 16.9. The van der Waals surface area contributed by atoms with E-state index in [4.69, 9.17) is 0 Å². The Kier molecular flexibility index (Phi) is 5.03. The number of nitrogens with zero attached hydrogens (tertiary/aromatic N) is 3. The molecule has 4 rings (SSSR count). The van der Waals surface area contributed by atoms with Crippen LogP contribution in [0.5, 0.6) is 0 Å². The smallest absolute Gasteiger partial charge is 0.225 e. The third kappa shape index (κ3) is 3.72. The lowest BCUT2D eigenvalue weighted by molar-refractivity contribution is 0.264. The van der Waals surface area contributed by atoms with Crippen LogP contribution in [0, 0.1) is 6.92 Å². The molecule has 0 aliphatic carbocycles. The van der Waals surface area contributed by atoms with Crippen molar-refractivity contribution >= 4 is 26.4 Å². The number of sulfone groups is 1. The number of para-hydroxylation sites is 1. The minimum Gasteiger partial charge on any atom is -0.382 e. The molecule has 146 valence electrons. The van der Waals surface area contributed by atoms with Gasteiger partial charge in [-0.3, -0.25) is 4.98 Å². The van der Waals surface area contributed by atoms with Gasteiger partial charge in [-0.2, -0.15) is 0 Å². The average Bonchev–Trinajstić information content (AvgIpc) is 2.70. The van der Waals surface area contributed by atoms with Crippen molar-refractivity contribution in [1.29, 1.82) is 0 Å². The SMILES string of the molecule is Cc1cnc(S(=O)(=O)c2cnc3ccccc3c2)cc1NC1CCN(C)CC1. The van der Waals surface area contributed by atoms with Crippen molar-refractivity contribution < 1.29 is 8.42 Å². The van der Waals surface area contributed by atoms with Gasteiger partial charge in [0.05, 0.1) is 10.4 Å². The molecule has 0 saturated carbocycles. The van der Waals surface area contributed by atoms with Crippen molar-refractivity contribution in [2.75, 3.05) is 25.5 Å². The third-order valence-corrected chi connectivity index (χ3v) is 6.93. The first kappa shape index (κ1) is 18.8. The van der Waals surface area contributed by atoms with Crippen molar-refractivity contribution in [1.82, 2.24) is 14.9 Å². The molecule has 28 heavy (non-hydrogen) atoms. The quantitative estimate of drug-likeness (QED) is 0.729. The highest BCUT2D eigenvalue weighted by molar-refractivity contribution is 7.91. The molecule has 0 radical (unpaired) electrons. The maximum Gasteiger partial charge on any atom is 0.225 e. The molecule has 1 aromatic carbocycles. The van der Waals surface area contributed by atoms with Crippen LogP contribution in [0.15, 0.2) is 58.7 Å². The number of nitrogens with one attached hydrogen (secondary N) is 1. The van der Waals surface area contributed by atoms with Crippen molar-refractivity contribution in [3.8, 4) is 0 Å². The van der Waals surface area contributed by atoms with Crippen LogP contribution >= 0.6 is 0 Å². The van der Waals surface area contributed by atoms with E-state index in [1.807, 2.05) is 31.2 Å². The molecular weight excluding hydrogens is 372 g/mol. The van der Waals surface area contributed by atoms with Crippen LogP contribution in [-0.4, -0.2) is 49.5 Å². The highest BCUT2D eigenvalue weighted by Gasteiger charge is 2.23. The minimum atomic E-state index is -3.74. The predicted molar refractivity (Wildman–Crippen MR) is 110 cm³/mol. The molecule has 0 spiro atoms. The van der Waals surface area contributed by atoms with Crippen LogP contribution in [0.1, 0.15) is 18.4 Å². The topological polar surface area (TPSA) is 75.2 Å². The predicted octanol–water partition coefficient (Wildman–Crippen LogP) is 3.28. The molecule has 3 heterocycles. The third-order valence-electron chi connectivity index (χ3n) is 5.31. The first-order valence-electron chi connectivity index (χ1n) is 9.45. The summed E-state index contributed by atoms with van der Waals surface area (Å²) in [6.45, 7) is 4.02. The van der Waals surface area contributed by atoms with Crippen LogP contribution in [0.3, 0.4) is 0 Å². The van der Waals surface area contributed by atoms with Crippen molar-refractivity contribution in [2.45, 2.75) is 35.7 Å². The Balaban J connectivity index is 1.65. The van der Waals surface area contributed by atoms with E-state index < -0.39 is 9.84 Å². The van der Waals surface area contributed by atoms with Crippen molar-refractivity contribution in [2.24, 2.45) is 0 Å². The van der Waals surface area contributed by atoms with Gasteiger partial charge in [0.25, 0.3) is 0 Å². The summed E-state index contributed by atoms with van der Waals surface area (Å²) >= 11 is 0. The normalized spacial score (nSPS) is 16.4. The second-order valence-electron chi connectivity index (χ2n) is 7.43. The Morgan fingerprint density at radius 1 is 1.07 bits per heavy atom. The number of piperidine rings is 1. The zero-order valence-electron chi connectivity index (χ0n) is 16.1. The molecule has 6 nitrogen and oxygen atoms in total. The van der Waals surface area contributed by atoms with Crippen LogP contribution in [0.25, 0.3) is 10.9 Å². The number of anilines is 1. The van der Waals surface area contributed by atoms with Gasteiger partial charge >= 0.3 is 0 Å². The van der Waals surface area contributed by atoms with Gasteiger partial charge in [-0.15, -0.1) is 0 Å². The molecule has 0 bridgehead atoms. The van der Waals surface area contributed by atoms with Gasteiger partial charge in [-0.1, -0.05) is 18.2 Å². The Morgan fingerprint density at radius 2 is 1.82 bits per heavy atom. The van der Waals surface area contributed by atoms with Gasteiger partial charge in [0.1, 0.15) is 0 Å². The van der Waals surface area contributed by atoms with Gasteiger partial charge < -0.3 is 10.2 Å². The Morgan fingerprint density at radius 3 is 2.61 bits per heavy atom. The lowest BCUT2D eigenvalue weighted by atomic mass is 10.0. The molecule has 1 aliphatic rings. The van der Waals surface area contributed by atoms with Crippen LogP contribution in [0.4, 0.5) is 5.69 Å². The highest BCUT2D eigenvalue weighted by Crippen LogP contribution is 2.26. The fourth-order valence-corrected chi connectivity index (χ4v) is 4.68. The molecule has 0 unspecified atom stereocenters. The maximum atomic E-state index is 13.1. The molecule has 1 saturated heterocycles. The van der Waals surface area contributed by atoms with E-state index in [-0.39, 0.29) is 9.92 Å². The van der Waals surface area contributed by atoms with Gasteiger partial charge in [0, 0.05) is 29.5 Å². The molecule has 7 heteroatoms. The number of pyridine rings is 2. The molecule has 1 aliphatic heterocycles. The number of hydrogen-bond donors (Lipinski definition) is 1. The number of aromatic nitrogens is 2. The minimum absolute atomic E-state index is 0.0469. The molecule has 2 aromatic heterocycles. The van der Waals surface area contributed by atoms with Crippen LogP contribution in [0.2, 0.25) is 0 Å². The summed E-state index contributed by atoms with van der Waals surface area (Å²) in [4.78, 5) is 11.0. The first-order valence-corrected chi connectivity index (χ1v) is 10.9. The standard InChI is InChI=1S/C21H24N4O2S/c1-15-13-23-21(12-20(15)24-17-7-9-25(2)10-8-17)28(26,27)18-11-16-5-3-4-6-19(16)22-14-18/h3-6,11-14,17H,7-10H2,1-2H3,(H,23,24). The monoisotopic (exact) mass is 396 g/mol. The molecule has 3 aromatic rings. The van der Waals surface area contributed by atoms with Crippen LogP contribution in [-0.2, 0) is 9.84 Å². The molecular formula is C21H24N4O2S. The van der Waals surface area contributed by atoms with Crippen LogP contribution < -0.4 is 5.32 Å². The molecule has 1 N–H and O–H groups in total.